The summed E-state index contributed by atoms with van der Waals surface area (Å²) >= 11 is 0. The van der Waals surface area contributed by atoms with Gasteiger partial charge in [-0.3, -0.25) is 0 Å². The molecule has 22 heavy (non-hydrogen) atoms. The van der Waals surface area contributed by atoms with Crippen molar-refractivity contribution in [3.63, 3.8) is 0 Å². The molecular formula is C19H21N3. The Morgan fingerprint density at radius 3 is 2.73 bits per heavy atom. The van der Waals surface area contributed by atoms with Crippen molar-refractivity contribution in [2.24, 2.45) is 5.73 Å². The van der Waals surface area contributed by atoms with Gasteiger partial charge in [-0.05, 0) is 61.4 Å². The summed E-state index contributed by atoms with van der Waals surface area (Å²) in [6, 6.07) is 11.0. The molecule has 112 valence electrons. The quantitative estimate of drug-likeness (QED) is 0.783. The van der Waals surface area contributed by atoms with E-state index in [1.54, 1.807) is 0 Å². The van der Waals surface area contributed by atoms with Crippen molar-refractivity contribution in [1.82, 2.24) is 9.38 Å². The molecule has 0 radical (unpaired) electrons. The number of nitrogens with zero attached hydrogens (tertiary/aromatic N) is 2. The molecule has 0 bridgehead atoms. The van der Waals surface area contributed by atoms with Crippen LogP contribution in [0.4, 0.5) is 0 Å². The van der Waals surface area contributed by atoms with E-state index in [0.29, 0.717) is 6.54 Å². The zero-order chi connectivity index (χ0) is 15.1. The van der Waals surface area contributed by atoms with Crippen LogP contribution in [0.15, 0.2) is 36.5 Å². The summed E-state index contributed by atoms with van der Waals surface area (Å²) < 4.78 is 2.15. The Balaban J connectivity index is 1.85. The molecule has 2 aromatic heterocycles. The Labute approximate surface area is 130 Å². The summed E-state index contributed by atoms with van der Waals surface area (Å²) in [6.07, 6.45) is 7.15. The van der Waals surface area contributed by atoms with E-state index in [-0.39, 0.29) is 0 Å². The van der Waals surface area contributed by atoms with Gasteiger partial charge < -0.3 is 10.1 Å². The first-order valence-electron chi connectivity index (χ1n) is 8.06. The van der Waals surface area contributed by atoms with E-state index in [0.717, 1.165) is 16.9 Å². The second-order valence-corrected chi connectivity index (χ2v) is 6.21. The number of aromatic nitrogens is 2. The number of nitrogens with two attached hydrogens (primary N) is 1. The first-order chi connectivity index (χ1) is 10.8. The van der Waals surface area contributed by atoms with Crippen molar-refractivity contribution < 1.29 is 0 Å². The number of hydrogen-bond acceptors (Lipinski definition) is 2. The third-order valence-electron chi connectivity index (χ3n) is 4.78. The lowest BCUT2D eigenvalue weighted by atomic mass is 9.90. The van der Waals surface area contributed by atoms with E-state index in [4.69, 9.17) is 10.7 Å². The molecule has 0 aliphatic heterocycles. The Kier molecular flexibility index (Phi) is 3.23. The molecule has 0 spiro atoms. The number of pyridine rings is 1. The Morgan fingerprint density at radius 2 is 1.91 bits per heavy atom. The molecular weight excluding hydrogens is 270 g/mol. The summed E-state index contributed by atoms with van der Waals surface area (Å²) in [6.45, 7) is 2.69. The highest BCUT2D eigenvalue weighted by atomic mass is 15.0. The molecule has 0 unspecified atom stereocenters. The average molecular weight is 291 g/mol. The average Bonchev–Trinajstić information content (AvgIpc) is 2.90. The normalized spacial score (nSPS) is 14.3. The Hall–Kier alpha value is -2.13. The summed E-state index contributed by atoms with van der Waals surface area (Å²) in [7, 11) is 0. The number of imidazole rings is 1. The zero-order valence-corrected chi connectivity index (χ0v) is 13.0. The van der Waals surface area contributed by atoms with Crippen LogP contribution < -0.4 is 5.73 Å². The van der Waals surface area contributed by atoms with E-state index in [2.05, 4.69) is 47.9 Å². The van der Waals surface area contributed by atoms with Gasteiger partial charge in [-0.1, -0.05) is 18.2 Å². The summed E-state index contributed by atoms with van der Waals surface area (Å²) in [5, 5.41) is 0. The molecule has 0 saturated carbocycles. The summed E-state index contributed by atoms with van der Waals surface area (Å²) in [4.78, 5) is 4.83. The number of rotatable bonds is 2. The number of hydrogen-bond donors (Lipinski definition) is 1. The minimum Gasteiger partial charge on any atom is -0.326 e. The highest BCUT2D eigenvalue weighted by molar-refractivity contribution is 5.67. The smallest absolute Gasteiger partial charge is 0.137 e. The van der Waals surface area contributed by atoms with Crippen molar-refractivity contribution in [1.29, 1.82) is 0 Å². The van der Waals surface area contributed by atoms with Crippen LogP contribution >= 0.6 is 0 Å². The van der Waals surface area contributed by atoms with Gasteiger partial charge in [-0.15, -0.1) is 0 Å². The van der Waals surface area contributed by atoms with Crippen LogP contribution in [-0.2, 0) is 19.4 Å². The van der Waals surface area contributed by atoms with E-state index >= 15 is 0 Å². The van der Waals surface area contributed by atoms with Gasteiger partial charge in [0.15, 0.2) is 0 Å². The van der Waals surface area contributed by atoms with Crippen molar-refractivity contribution >= 4 is 5.65 Å². The predicted octanol–water partition coefficient (Wildman–Crippen LogP) is 3.65. The molecule has 2 heterocycles. The molecule has 3 nitrogen and oxygen atoms in total. The number of benzene rings is 1. The van der Waals surface area contributed by atoms with Gasteiger partial charge in [0, 0.05) is 24.0 Å². The zero-order valence-electron chi connectivity index (χ0n) is 13.0. The van der Waals surface area contributed by atoms with Gasteiger partial charge in [0.2, 0.25) is 0 Å². The minimum atomic E-state index is 0.557. The standard InChI is InChI=1S/C19H21N3/c1-13-19(21-18-9-6-14(11-20)12-22(13)18)17-8-7-15-4-2-3-5-16(15)10-17/h6-10,12H,2-5,11,20H2,1H3. The molecule has 2 N–H and O–H groups in total. The molecule has 1 aliphatic carbocycles. The molecule has 0 amide bonds. The lowest BCUT2D eigenvalue weighted by Gasteiger charge is -2.16. The molecule has 3 aromatic rings. The molecule has 3 heteroatoms. The van der Waals surface area contributed by atoms with Gasteiger partial charge in [-0.25, -0.2) is 4.98 Å². The predicted molar refractivity (Wildman–Crippen MR) is 89.9 cm³/mol. The van der Waals surface area contributed by atoms with E-state index < -0.39 is 0 Å². The fourth-order valence-electron chi connectivity index (χ4n) is 3.48. The fraction of sp³-hybridized carbons (Fsp3) is 0.316. The number of fused-ring (bicyclic) bond motifs is 2. The topological polar surface area (TPSA) is 43.3 Å². The van der Waals surface area contributed by atoms with Crippen LogP contribution in [0.25, 0.3) is 16.9 Å². The lowest BCUT2D eigenvalue weighted by molar-refractivity contribution is 0.686. The summed E-state index contributed by atoms with van der Waals surface area (Å²) in [5.41, 5.74) is 14.4. The largest absolute Gasteiger partial charge is 0.326 e. The second kappa shape index (κ2) is 5.25. The molecule has 1 aromatic carbocycles. The lowest BCUT2D eigenvalue weighted by Crippen LogP contribution is -2.02. The van der Waals surface area contributed by atoms with Gasteiger partial charge >= 0.3 is 0 Å². The molecule has 4 rings (SSSR count). The van der Waals surface area contributed by atoms with Crippen LogP contribution in [-0.4, -0.2) is 9.38 Å². The third kappa shape index (κ3) is 2.13. The highest BCUT2D eigenvalue weighted by Crippen LogP contribution is 2.29. The maximum absolute atomic E-state index is 5.75. The molecule has 0 atom stereocenters. The van der Waals surface area contributed by atoms with Crippen LogP contribution in [0, 0.1) is 6.92 Å². The van der Waals surface area contributed by atoms with Crippen LogP contribution in [0.2, 0.25) is 0 Å². The number of aryl methyl sites for hydroxylation is 3. The summed E-state index contributed by atoms with van der Waals surface area (Å²) in [5.74, 6) is 0. The highest BCUT2D eigenvalue weighted by Gasteiger charge is 2.14. The van der Waals surface area contributed by atoms with Crippen molar-refractivity contribution in [2.45, 2.75) is 39.2 Å². The van der Waals surface area contributed by atoms with E-state index in [1.807, 2.05) is 0 Å². The first kappa shape index (κ1) is 13.5. The maximum atomic E-state index is 5.75. The minimum absolute atomic E-state index is 0.557. The van der Waals surface area contributed by atoms with Crippen LogP contribution in [0.5, 0.6) is 0 Å². The SMILES string of the molecule is Cc1c(-c2ccc3c(c2)CCCC3)nc2ccc(CN)cn12. The Bertz CT molecular complexity index is 845. The second-order valence-electron chi connectivity index (χ2n) is 6.21. The van der Waals surface area contributed by atoms with Crippen molar-refractivity contribution in [2.75, 3.05) is 0 Å². The van der Waals surface area contributed by atoms with Crippen LogP contribution in [0.3, 0.4) is 0 Å². The van der Waals surface area contributed by atoms with Crippen molar-refractivity contribution in [3.05, 3.63) is 58.9 Å². The first-order valence-corrected chi connectivity index (χ1v) is 8.06. The van der Waals surface area contributed by atoms with Crippen LogP contribution in [0.1, 0.15) is 35.2 Å². The van der Waals surface area contributed by atoms with Crippen molar-refractivity contribution in [3.8, 4) is 11.3 Å². The molecule has 0 fully saturated rings. The maximum Gasteiger partial charge on any atom is 0.137 e. The Morgan fingerprint density at radius 1 is 1.09 bits per heavy atom. The fourth-order valence-corrected chi connectivity index (χ4v) is 3.48. The third-order valence-corrected chi connectivity index (χ3v) is 4.78. The van der Waals surface area contributed by atoms with Gasteiger partial charge in [0.1, 0.15) is 5.65 Å². The van der Waals surface area contributed by atoms with Gasteiger partial charge in [-0.2, -0.15) is 0 Å². The van der Waals surface area contributed by atoms with Gasteiger partial charge in [0.05, 0.1) is 5.69 Å². The monoisotopic (exact) mass is 291 g/mol. The van der Waals surface area contributed by atoms with Gasteiger partial charge in [0.25, 0.3) is 0 Å². The van der Waals surface area contributed by atoms with E-state index in [9.17, 15) is 0 Å². The van der Waals surface area contributed by atoms with E-state index in [1.165, 1.54) is 48.1 Å². The molecule has 1 aliphatic rings. The molecule has 0 saturated heterocycles.